The topological polar surface area (TPSA) is 56.7 Å². The molecule has 0 aromatic carbocycles. The SMILES string of the molecule is CCc1nc(Cn2ccnc2)no1. The fraction of sp³-hybridized carbons (Fsp3) is 0.375. The Labute approximate surface area is 75.4 Å². The minimum atomic E-state index is 0.615. The zero-order chi connectivity index (χ0) is 9.10. The molecular formula is C8H10N4O. The number of imidazole rings is 1. The van der Waals surface area contributed by atoms with Gasteiger partial charge in [0.1, 0.15) is 0 Å². The number of hydrogen-bond donors (Lipinski definition) is 0. The monoisotopic (exact) mass is 178 g/mol. The summed E-state index contributed by atoms with van der Waals surface area (Å²) in [7, 11) is 0. The molecule has 13 heavy (non-hydrogen) atoms. The predicted octanol–water partition coefficient (Wildman–Crippen LogP) is 0.877. The van der Waals surface area contributed by atoms with E-state index in [-0.39, 0.29) is 0 Å². The first-order valence-corrected chi connectivity index (χ1v) is 4.15. The first-order chi connectivity index (χ1) is 6.38. The summed E-state index contributed by atoms with van der Waals surface area (Å²) in [6.45, 7) is 2.60. The van der Waals surface area contributed by atoms with Gasteiger partial charge in [0.2, 0.25) is 5.89 Å². The van der Waals surface area contributed by atoms with Gasteiger partial charge in [-0.2, -0.15) is 4.98 Å². The highest BCUT2D eigenvalue weighted by Gasteiger charge is 2.03. The van der Waals surface area contributed by atoms with Gasteiger partial charge in [-0.15, -0.1) is 0 Å². The maximum atomic E-state index is 4.97. The van der Waals surface area contributed by atoms with Crippen molar-refractivity contribution in [3.8, 4) is 0 Å². The van der Waals surface area contributed by atoms with Crippen LogP contribution in [0.2, 0.25) is 0 Å². The highest BCUT2D eigenvalue weighted by molar-refractivity contribution is 4.88. The third kappa shape index (κ3) is 1.74. The van der Waals surface area contributed by atoms with Crippen molar-refractivity contribution in [2.45, 2.75) is 19.9 Å². The highest BCUT2D eigenvalue weighted by atomic mass is 16.5. The number of hydrogen-bond acceptors (Lipinski definition) is 4. The van der Waals surface area contributed by atoms with Crippen LogP contribution in [0.1, 0.15) is 18.6 Å². The van der Waals surface area contributed by atoms with Gasteiger partial charge >= 0.3 is 0 Å². The molecule has 0 aliphatic carbocycles. The van der Waals surface area contributed by atoms with Crippen molar-refractivity contribution in [1.29, 1.82) is 0 Å². The summed E-state index contributed by atoms with van der Waals surface area (Å²) in [5.41, 5.74) is 0. The Morgan fingerprint density at radius 1 is 1.54 bits per heavy atom. The lowest BCUT2D eigenvalue weighted by atomic mass is 10.5. The standard InChI is InChI=1S/C8H10N4O/c1-2-8-10-7(11-13-8)5-12-4-3-9-6-12/h3-4,6H,2,5H2,1H3. The van der Waals surface area contributed by atoms with Gasteiger partial charge < -0.3 is 9.09 Å². The summed E-state index contributed by atoms with van der Waals surface area (Å²) < 4.78 is 6.86. The van der Waals surface area contributed by atoms with Gasteiger partial charge in [0.25, 0.3) is 0 Å². The summed E-state index contributed by atoms with van der Waals surface area (Å²) >= 11 is 0. The molecule has 0 unspecified atom stereocenters. The summed E-state index contributed by atoms with van der Waals surface area (Å²) in [6.07, 6.45) is 6.09. The van der Waals surface area contributed by atoms with Crippen molar-refractivity contribution < 1.29 is 4.52 Å². The van der Waals surface area contributed by atoms with Crippen LogP contribution in [0.25, 0.3) is 0 Å². The van der Waals surface area contributed by atoms with E-state index in [2.05, 4.69) is 15.1 Å². The van der Waals surface area contributed by atoms with E-state index in [1.165, 1.54) is 0 Å². The second-order valence-electron chi connectivity index (χ2n) is 2.69. The molecule has 2 rings (SSSR count). The van der Waals surface area contributed by atoms with Crippen molar-refractivity contribution in [3.63, 3.8) is 0 Å². The number of nitrogens with zero attached hydrogens (tertiary/aromatic N) is 4. The molecule has 5 heteroatoms. The van der Waals surface area contributed by atoms with E-state index in [9.17, 15) is 0 Å². The van der Waals surface area contributed by atoms with Crippen molar-refractivity contribution in [3.05, 3.63) is 30.4 Å². The molecule has 0 atom stereocenters. The van der Waals surface area contributed by atoms with Crippen molar-refractivity contribution >= 4 is 0 Å². The molecule has 0 fully saturated rings. The van der Waals surface area contributed by atoms with E-state index in [0.29, 0.717) is 18.3 Å². The lowest BCUT2D eigenvalue weighted by Gasteiger charge is -1.93. The fourth-order valence-electron chi connectivity index (χ4n) is 1.04. The predicted molar refractivity (Wildman–Crippen MR) is 45.0 cm³/mol. The molecule has 5 nitrogen and oxygen atoms in total. The smallest absolute Gasteiger partial charge is 0.226 e. The summed E-state index contributed by atoms with van der Waals surface area (Å²) in [6, 6.07) is 0. The first-order valence-electron chi connectivity index (χ1n) is 4.15. The van der Waals surface area contributed by atoms with E-state index in [0.717, 1.165) is 6.42 Å². The van der Waals surface area contributed by atoms with Crippen LogP contribution in [-0.2, 0) is 13.0 Å². The van der Waals surface area contributed by atoms with Gasteiger partial charge in [0, 0.05) is 18.8 Å². The molecule has 0 N–H and O–H groups in total. The molecule has 0 aliphatic rings. The second kappa shape index (κ2) is 3.38. The highest BCUT2D eigenvalue weighted by Crippen LogP contribution is 1.99. The molecule has 0 amide bonds. The lowest BCUT2D eigenvalue weighted by Crippen LogP contribution is -1.98. The van der Waals surface area contributed by atoms with Crippen LogP contribution in [0.3, 0.4) is 0 Å². The van der Waals surface area contributed by atoms with Crippen LogP contribution in [0, 0.1) is 0 Å². The normalized spacial score (nSPS) is 10.5. The van der Waals surface area contributed by atoms with Gasteiger partial charge in [-0.3, -0.25) is 0 Å². The minimum Gasteiger partial charge on any atom is -0.339 e. The van der Waals surface area contributed by atoms with Crippen LogP contribution in [0.4, 0.5) is 0 Å². The van der Waals surface area contributed by atoms with E-state index in [4.69, 9.17) is 4.52 Å². The third-order valence-electron chi connectivity index (χ3n) is 1.70. The molecule has 0 aliphatic heterocycles. The molecule has 68 valence electrons. The van der Waals surface area contributed by atoms with E-state index in [1.807, 2.05) is 17.7 Å². The Hall–Kier alpha value is -1.65. The van der Waals surface area contributed by atoms with Crippen molar-refractivity contribution in [1.82, 2.24) is 19.7 Å². The molecule has 2 aromatic heterocycles. The van der Waals surface area contributed by atoms with Gasteiger partial charge in [-0.25, -0.2) is 4.98 Å². The largest absolute Gasteiger partial charge is 0.339 e. The fourth-order valence-corrected chi connectivity index (χ4v) is 1.04. The average Bonchev–Trinajstić information content (AvgIpc) is 2.76. The Bertz CT molecular complexity index is 365. The molecule has 2 aromatic rings. The Kier molecular flexibility index (Phi) is 2.08. The summed E-state index contributed by atoms with van der Waals surface area (Å²) in [5, 5.41) is 3.83. The zero-order valence-corrected chi connectivity index (χ0v) is 7.34. The molecule has 0 spiro atoms. The van der Waals surface area contributed by atoms with Crippen LogP contribution in [-0.4, -0.2) is 19.7 Å². The number of aryl methyl sites for hydroxylation is 1. The lowest BCUT2D eigenvalue weighted by molar-refractivity contribution is 0.375. The molecule has 0 saturated heterocycles. The summed E-state index contributed by atoms with van der Waals surface area (Å²) in [4.78, 5) is 8.10. The minimum absolute atomic E-state index is 0.615. The average molecular weight is 178 g/mol. The van der Waals surface area contributed by atoms with Gasteiger partial charge in [0.15, 0.2) is 5.82 Å². The Balaban J connectivity index is 2.10. The third-order valence-corrected chi connectivity index (χ3v) is 1.70. The molecule has 0 bridgehead atoms. The first kappa shape index (κ1) is 7.97. The van der Waals surface area contributed by atoms with E-state index < -0.39 is 0 Å². The molecular weight excluding hydrogens is 168 g/mol. The van der Waals surface area contributed by atoms with Crippen LogP contribution in [0.15, 0.2) is 23.2 Å². The Morgan fingerprint density at radius 3 is 3.08 bits per heavy atom. The molecule has 0 radical (unpaired) electrons. The maximum absolute atomic E-state index is 4.97. The quantitative estimate of drug-likeness (QED) is 0.700. The number of rotatable bonds is 3. The molecule has 2 heterocycles. The molecule has 0 saturated carbocycles. The van der Waals surface area contributed by atoms with E-state index in [1.54, 1.807) is 12.5 Å². The number of aromatic nitrogens is 4. The summed E-state index contributed by atoms with van der Waals surface area (Å²) in [5.74, 6) is 1.37. The van der Waals surface area contributed by atoms with Crippen LogP contribution < -0.4 is 0 Å². The maximum Gasteiger partial charge on any atom is 0.226 e. The van der Waals surface area contributed by atoms with Gasteiger partial charge in [-0.1, -0.05) is 12.1 Å². The zero-order valence-electron chi connectivity index (χ0n) is 7.34. The Morgan fingerprint density at radius 2 is 2.46 bits per heavy atom. The van der Waals surface area contributed by atoms with Crippen LogP contribution >= 0.6 is 0 Å². The van der Waals surface area contributed by atoms with Gasteiger partial charge in [0.05, 0.1) is 12.9 Å². The van der Waals surface area contributed by atoms with E-state index >= 15 is 0 Å². The second-order valence-corrected chi connectivity index (χ2v) is 2.69. The van der Waals surface area contributed by atoms with Gasteiger partial charge in [-0.05, 0) is 0 Å². The van der Waals surface area contributed by atoms with Crippen molar-refractivity contribution in [2.75, 3.05) is 0 Å². The van der Waals surface area contributed by atoms with Crippen LogP contribution in [0.5, 0.6) is 0 Å². The van der Waals surface area contributed by atoms with Crippen molar-refractivity contribution in [2.24, 2.45) is 0 Å².